The molecule has 11 N–H and O–H groups in total. The van der Waals surface area contributed by atoms with Crippen LogP contribution in [0.15, 0.2) is 48.6 Å². The van der Waals surface area contributed by atoms with Crippen LogP contribution in [0, 0.1) is 13.8 Å². The van der Waals surface area contributed by atoms with Crippen molar-refractivity contribution in [3.8, 4) is 11.5 Å². The van der Waals surface area contributed by atoms with E-state index < -0.39 is 89.4 Å². The van der Waals surface area contributed by atoms with Crippen LogP contribution in [0.5, 0.6) is 11.5 Å². The highest BCUT2D eigenvalue weighted by molar-refractivity contribution is 8.00. The van der Waals surface area contributed by atoms with Crippen LogP contribution < -0.4 is 42.6 Å². The number of amides is 8. The number of aryl methyl sites for hydroxylation is 4. The van der Waals surface area contributed by atoms with Crippen molar-refractivity contribution in [3.05, 3.63) is 82.5 Å². The maximum atomic E-state index is 14.0. The molecule has 0 radical (unpaired) electrons. The number of carbonyl (C=O) groups is 10. The Hall–Kier alpha value is -9.65. The molecule has 2 aromatic carbocycles. The molecule has 1 aliphatic heterocycles. The van der Waals surface area contributed by atoms with Crippen LogP contribution in [0.3, 0.4) is 0 Å². The van der Waals surface area contributed by atoms with Gasteiger partial charge in [0.1, 0.15) is 46.0 Å². The van der Waals surface area contributed by atoms with E-state index in [-0.39, 0.29) is 108 Å². The van der Waals surface area contributed by atoms with Crippen molar-refractivity contribution < 1.29 is 67.6 Å². The average molecular weight is 1180 g/mol. The molecule has 446 valence electrons. The third-order valence-electron chi connectivity index (χ3n) is 13.3. The van der Waals surface area contributed by atoms with Crippen molar-refractivity contribution in [2.24, 2.45) is 17.2 Å². The number of methoxy groups -OCH3 is 1. The highest BCUT2D eigenvalue weighted by atomic mass is 32.2. The summed E-state index contributed by atoms with van der Waals surface area (Å²) >= 11 is 0.906. The second-order valence-electron chi connectivity index (χ2n) is 19.3. The fourth-order valence-corrected chi connectivity index (χ4v) is 10.3. The van der Waals surface area contributed by atoms with E-state index in [4.69, 9.17) is 36.8 Å². The fourth-order valence-electron chi connectivity index (χ4n) is 9.21. The molecule has 0 bridgehead atoms. The number of aromatic nitrogens is 8. The number of anilines is 2. The summed E-state index contributed by atoms with van der Waals surface area (Å²) in [5.41, 5.74) is 20.0. The van der Waals surface area contributed by atoms with Crippen LogP contribution in [0.25, 0.3) is 22.1 Å². The summed E-state index contributed by atoms with van der Waals surface area (Å²) in [6.07, 6.45) is 2.08. The smallest absolute Gasteiger partial charge is 0.321 e. The van der Waals surface area contributed by atoms with Gasteiger partial charge in [0, 0.05) is 76.0 Å². The number of carbonyl (C=O) groups excluding carboxylic acids is 8. The molecule has 6 aromatic rings. The average Bonchev–Trinajstić information content (AvgIpc) is 2.34. The van der Waals surface area contributed by atoms with Gasteiger partial charge in [-0.1, -0.05) is 12.2 Å². The first-order chi connectivity index (χ1) is 39.9. The quantitative estimate of drug-likeness (QED) is 0.0186. The molecule has 5 heterocycles. The number of imide groups is 1. The van der Waals surface area contributed by atoms with Crippen LogP contribution in [0.4, 0.5) is 11.9 Å². The van der Waals surface area contributed by atoms with Crippen LogP contribution >= 0.6 is 11.8 Å². The van der Waals surface area contributed by atoms with Gasteiger partial charge in [-0.2, -0.15) is 10.2 Å². The Kier molecular flexibility index (Phi) is 19.9. The highest BCUT2D eigenvalue weighted by Crippen LogP contribution is 2.34. The molecule has 0 spiro atoms. The van der Waals surface area contributed by atoms with Gasteiger partial charge in [0.25, 0.3) is 11.8 Å². The lowest BCUT2D eigenvalue weighted by atomic mass is 10.1. The first kappa shape index (κ1) is 62.0. The lowest BCUT2D eigenvalue weighted by Crippen LogP contribution is -2.49. The largest absolute Gasteiger partial charge is 0.494 e. The molecule has 7 rings (SSSR count). The van der Waals surface area contributed by atoms with E-state index in [9.17, 15) is 53.1 Å². The number of ether oxygens (including phenoxy) is 2. The SMILES string of the molecule is CCn1nc(C)cc1C(=O)Nc1nc2cc(C(N)=O)cc(OC)c2n1C/C=C/Cn1c(NC(=O)c2cc(C)nn2CC)nc2cc(C(N)=O)cc(OCCCN(C)C(=O)C(CC(=O)O)NC(=O)CCN3C(=O)CC(SCC(N)C(=O)O)C3=O)c21. The van der Waals surface area contributed by atoms with Gasteiger partial charge >= 0.3 is 11.9 Å². The predicted octanol–water partition coefficient (Wildman–Crippen LogP) is 1.25. The van der Waals surface area contributed by atoms with Crippen molar-refractivity contribution in [1.29, 1.82) is 0 Å². The van der Waals surface area contributed by atoms with Gasteiger partial charge in [-0.25, -0.2) is 9.97 Å². The number of allylic oxidation sites excluding steroid dienone is 2. The summed E-state index contributed by atoms with van der Waals surface area (Å²) in [4.78, 5) is 140. The molecule has 1 aliphatic rings. The summed E-state index contributed by atoms with van der Waals surface area (Å²) < 4.78 is 18.3. The fraction of sp³-hybridized carbons (Fsp3) is 0.396. The minimum atomic E-state index is -1.55. The van der Waals surface area contributed by atoms with Gasteiger partial charge in [0.15, 0.2) is 0 Å². The topological polar surface area (TPSA) is 422 Å². The Labute approximate surface area is 483 Å². The lowest BCUT2D eigenvalue weighted by Gasteiger charge is -2.24. The van der Waals surface area contributed by atoms with E-state index >= 15 is 0 Å². The van der Waals surface area contributed by atoms with Gasteiger partial charge in [-0.05, 0) is 70.5 Å². The molecule has 8 amide bonds. The zero-order valence-corrected chi connectivity index (χ0v) is 47.6. The summed E-state index contributed by atoms with van der Waals surface area (Å²) in [7, 11) is 2.79. The first-order valence-corrected chi connectivity index (χ1v) is 27.4. The van der Waals surface area contributed by atoms with Gasteiger partial charge in [0.2, 0.25) is 47.3 Å². The standard InChI is InChI=1S/C53H64N16O14S/c1-7-68-35(18-27(3)62-68)47(76)60-52-58-32-20-29(45(55)74)22-37(82-6)43(32)66(52)14-9-10-15-67-44-33(59-53(67)61-48(77)36-19-28(4)63-69(36)8-2)21-30(46(56)75)23-38(44)83-17-11-13-64(5)49(78)34(24-42(72)73)57-40(70)12-16-65-41(71)25-39(50(65)79)84-26-31(54)51(80)81/h9-10,18-23,31,34,39H,7-8,11-17,24-26,54H2,1-6H3,(H2,55,74)(H2,56,75)(H,57,70)(H,72,73)(H,80,81)(H,58,60,76)(H,59,61,77)/b10-9+. The number of nitrogens with two attached hydrogens (primary N) is 3. The molecular weight excluding hydrogens is 1120 g/mol. The van der Waals surface area contributed by atoms with Crippen molar-refractivity contribution in [2.45, 2.75) is 96.9 Å². The van der Waals surface area contributed by atoms with Crippen molar-refractivity contribution in [3.63, 3.8) is 0 Å². The molecule has 31 heteroatoms. The number of benzene rings is 2. The van der Waals surface area contributed by atoms with Crippen LogP contribution in [-0.4, -0.2) is 175 Å². The van der Waals surface area contributed by atoms with E-state index in [0.717, 1.165) is 16.7 Å². The molecule has 84 heavy (non-hydrogen) atoms. The molecule has 1 saturated heterocycles. The van der Waals surface area contributed by atoms with Crippen molar-refractivity contribution in [1.82, 2.24) is 53.8 Å². The number of aliphatic carboxylic acids is 2. The Morgan fingerprint density at radius 1 is 0.810 bits per heavy atom. The molecule has 0 aliphatic carbocycles. The van der Waals surface area contributed by atoms with Gasteiger partial charge in [-0.15, -0.1) is 11.8 Å². The number of rotatable bonds is 29. The Bertz CT molecular complexity index is 3620. The number of thioether (sulfide) groups is 1. The number of imidazole rings is 2. The van der Waals surface area contributed by atoms with Gasteiger partial charge in [-0.3, -0.25) is 72.8 Å². The number of primary amides is 2. The van der Waals surface area contributed by atoms with Gasteiger partial charge < -0.3 is 56.2 Å². The van der Waals surface area contributed by atoms with E-state index in [2.05, 4.69) is 31.1 Å². The second kappa shape index (κ2) is 27.0. The van der Waals surface area contributed by atoms with Crippen LogP contribution in [0.1, 0.15) is 92.6 Å². The Morgan fingerprint density at radius 2 is 1.33 bits per heavy atom. The minimum Gasteiger partial charge on any atom is -0.494 e. The highest BCUT2D eigenvalue weighted by Gasteiger charge is 2.39. The monoisotopic (exact) mass is 1180 g/mol. The summed E-state index contributed by atoms with van der Waals surface area (Å²) in [5, 5.41) is 34.8. The first-order valence-electron chi connectivity index (χ1n) is 26.3. The Balaban J connectivity index is 1.12. The van der Waals surface area contributed by atoms with Crippen LogP contribution in [-0.2, 0) is 54.9 Å². The molecule has 1 fully saturated rings. The third-order valence-corrected chi connectivity index (χ3v) is 14.6. The number of hydrogen-bond acceptors (Lipinski definition) is 18. The number of hydrogen-bond donors (Lipinski definition) is 8. The molecule has 4 aromatic heterocycles. The number of fused-ring (bicyclic) bond motifs is 2. The minimum absolute atomic E-state index is 0.000372. The van der Waals surface area contributed by atoms with E-state index in [0.29, 0.717) is 35.5 Å². The van der Waals surface area contributed by atoms with Gasteiger partial charge in [0.05, 0.1) is 47.8 Å². The zero-order valence-electron chi connectivity index (χ0n) is 46.7. The number of likely N-dealkylation sites (N-methyl/N-ethyl adjacent to an activating group) is 1. The number of likely N-dealkylation sites (tertiary alicyclic amines) is 1. The summed E-state index contributed by atoms with van der Waals surface area (Å²) in [5.74, 6) is -7.83. The number of nitrogens with zero attached hydrogens (tertiary/aromatic N) is 10. The summed E-state index contributed by atoms with van der Waals surface area (Å²) in [6, 6.07) is 6.18. The molecule has 30 nitrogen and oxygen atoms in total. The number of carboxylic acid groups (broad SMARTS) is 2. The maximum absolute atomic E-state index is 14.0. The Morgan fingerprint density at radius 3 is 1.82 bits per heavy atom. The summed E-state index contributed by atoms with van der Waals surface area (Å²) in [6.45, 7) is 7.43. The zero-order chi connectivity index (χ0) is 61.3. The molecule has 0 saturated carbocycles. The third kappa shape index (κ3) is 14.3. The second-order valence-corrected chi connectivity index (χ2v) is 20.6. The lowest BCUT2D eigenvalue weighted by molar-refractivity contribution is -0.143. The van der Waals surface area contributed by atoms with E-state index in [1.165, 1.54) is 48.0 Å². The van der Waals surface area contributed by atoms with Crippen molar-refractivity contribution in [2.75, 3.05) is 50.2 Å². The normalized spacial score (nSPS) is 14.0. The molecule has 3 atom stereocenters. The van der Waals surface area contributed by atoms with Crippen LogP contribution in [0.2, 0.25) is 0 Å². The van der Waals surface area contributed by atoms with Crippen molar-refractivity contribution >= 4 is 105 Å². The van der Waals surface area contributed by atoms with E-state index in [1.807, 2.05) is 13.8 Å². The van der Waals surface area contributed by atoms with E-state index in [1.54, 1.807) is 51.9 Å². The molecular formula is C53H64N16O14S. The number of nitrogens with one attached hydrogen (secondary N) is 3. The molecule has 3 unspecified atom stereocenters. The maximum Gasteiger partial charge on any atom is 0.321 e. The number of carboxylic acids is 2. The predicted molar refractivity (Wildman–Crippen MR) is 303 cm³/mol.